The Morgan fingerprint density at radius 3 is 2.45 bits per heavy atom. The SMILES string of the molecule is CCOc1cc(/C=C2/SC(=S)N(c3ccc(Br)c(Cl)c3)C2=O)ccc1Oc1ccc([N+](=O)[O-])cc1[N+](=O)[O-]. The fraction of sp³-hybridized carbons (Fsp3) is 0.0833. The van der Waals surface area contributed by atoms with Crippen LogP contribution in [0.3, 0.4) is 0 Å². The van der Waals surface area contributed by atoms with Crippen LogP contribution in [-0.4, -0.2) is 26.7 Å². The molecule has 38 heavy (non-hydrogen) atoms. The van der Waals surface area contributed by atoms with Gasteiger partial charge >= 0.3 is 5.69 Å². The summed E-state index contributed by atoms with van der Waals surface area (Å²) in [5, 5.41) is 22.9. The quantitative estimate of drug-likeness (QED) is 0.107. The molecule has 0 radical (unpaired) electrons. The van der Waals surface area contributed by atoms with E-state index >= 15 is 0 Å². The zero-order valence-corrected chi connectivity index (χ0v) is 23.2. The highest BCUT2D eigenvalue weighted by Gasteiger charge is 2.33. The molecule has 1 fully saturated rings. The minimum Gasteiger partial charge on any atom is -0.490 e. The number of amides is 1. The van der Waals surface area contributed by atoms with Crippen molar-refractivity contribution in [3.8, 4) is 17.2 Å². The number of anilines is 1. The molecule has 1 aliphatic rings. The van der Waals surface area contributed by atoms with Gasteiger partial charge in [0.05, 0.1) is 38.1 Å². The van der Waals surface area contributed by atoms with E-state index < -0.39 is 21.2 Å². The van der Waals surface area contributed by atoms with E-state index in [1.807, 2.05) is 0 Å². The minimum atomic E-state index is -0.766. The number of ether oxygens (including phenoxy) is 2. The van der Waals surface area contributed by atoms with Gasteiger partial charge in [0.2, 0.25) is 5.75 Å². The summed E-state index contributed by atoms with van der Waals surface area (Å²) in [6, 6.07) is 12.9. The Morgan fingerprint density at radius 1 is 1.05 bits per heavy atom. The molecule has 0 unspecified atom stereocenters. The highest BCUT2D eigenvalue weighted by Crippen LogP contribution is 2.41. The van der Waals surface area contributed by atoms with Crippen molar-refractivity contribution >= 4 is 84.9 Å². The van der Waals surface area contributed by atoms with Crippen LogP contribution in [0.4, 0.5) is 17.1 Å². The van der Waals surface area contributed by atoms with Crippen molar-refractivity contribution in [1.82, 2.24) is 0 Å². The van der Waals surface area contributed by atoms with Crippen molar-refractivity contribution < 1.29 is 24.1 Å². The summed E-state index contributed by atoms with van der Waals surface area (Å²) in [4.78, 5) is 35.9. The van der Waals surface area contributed by atoms with Gasteiger partial charge in [-0.25, -0.2) is 0 Å². The normalized spacial score (nSPS) is 14.2. The van der Waals surface area contributed by atoms with Crippen molar-refractivity contribution in [1.29, 1.82) is 0 Å². The molecule has 4 rings (SSSR count). The monoisotopic (exact) mass is 635 g/mol. The van der Waals surface area contributed by atoms with Gasteiger partial charge in [-0.1, -0.05) is 41.6 Å². The van der Waals surface area contributed by atoms with Gasteiger partial charge in [0.25, 0.3) is 11.6 Å². The highest BCUT2D eigenvalue weighted by atomic mass is 79.9. The predicted molar refractivity (Wildman–Crippen MR) is 152 cm³/mol. The third kappa shape index (κ3) is 5.80. The largest absolute Gasteiger partial charge is 0.490 e. The Kier molecular flexibility index (Phi) is 8.31. The third-order valence-electron chi connectivity index (χ3n) is 5.09. The molecule has 1 aliphatic heterocycles. The average molecular weight is 637 g/mol. The van der Waals surface area contributed by atoms with Gasteiger partial charge in [0.1, 0.15) is 0 Å². The van der Waals surface area contributed by atoms with E-state index in [4.69, 9.17) is 33.3 Å². The lowest BCUT2D eigenvalue weighted by Crippen LogP contribution is -2.27. The fourth-order valence-electron chi connectivity index (χ4n) is 3.40. The summed E-state index contributed by atoms with van der Waals surface area (Å²) in [6.07, 6.45) is 1.64. The number of hydrogen-bond acceptors (Lipinski definition) is 9. The van der Waals surface area contributed by atoms with Crippen molar-refractivity contribution in [3.63, 3.8) is 0 Å². The second-order valence-corrected chi connectivity index (χ2v) is 10.5. The van der Waals surface area contributed by atoms with Gasteiger partial charge in [0.15, 0.2) is 15.8 Å². The molecule has 0 bridgehead atoms. The Bertz CT molecular complexity index is 1530. The second-order valence-electron chi connectivity index (χ2n) is 7.52. The van der Waals surface area contributed by atoms with Gasteiger partial charge in [-0.05, 0) is 70.9 Å². The zero-order valence-electron chi connectivity index (χ0n) is 19.3. The van der Waals surface area contributed by atoms with Crippen molar-refractivity contribution in [2.75, 3.05) is 11.5 Å². The summed E-state index contributed by atoms with van der Waals surface area (Å²) in [5.74, 6) is -0.108. The minimum absolute atomic E-state index is 0.151. The number of carbonyl (C=O) groups excluding carboxylic acids is 1. The van der Waals surface area contributed by atoms with Crippen LogP contribution in [0.2, 0.25) is 5.02 Å². The molecule has 0 N–H and O–H groups in total. The number of thioether (sulfide) groups is 1. The summed E-state index contributed by atoms with van der Waals surface area (Å²) in [7, 11) is 0. The maximum atomic E-state index is 13.1. The molecule has 3 aromatic rings. The van der Waals surface area contributed by atoms with Crippen LogP contribution in [0.25, 0.3) is 6.08 Å². The van der Waals surface area contributed by atoms with Crippen LogP contribution >= 0.6 is 51.5 Å². The summed E-state index contributed by atoms with van der Waals surface area (Å²) in [5.41, 5.74) is 0.121. The van der Waals surface area contributed by atoms with Gasteiger partial charge in [-0.3, -0.25) is 29.9 Å². The van der Waals surface area contributed by atoms with Crippen LogP contribution in [0.15, 0.2) is 64.0 Å². The Hall–Kier alpha value is -3.52. The number of benzene rings is 3. The first-order valence-corrected chi connectivity index (χ1v) is 13.1. The number of thiocarbonyl (C=S) groups is 1. The van der Waals surface area contributed by atoms with Crippen molar-refractivity contribution in [2.24, 2.45) is 0 Å². The number of non-ortho nitro benzene ring substituents is 1. The molecule has 3 aromatic carbocycles. The Morgan fingerprint density at radius 2 is 1.79 bits per heavy atom. The maximum Gasteiger partial charge on any atom is 0.318 e. The molecule has 0 saturated carbocycles. The number of nitro groups is 2. The van der Waals surface area contributed by atoms with Gasteiger partial charge in [-0.15, -0.1) is 0 Å². The van der Waals surface area contributed by atoms with Gasteiger partial charge in [-0.2, -0.15) is 0 Å². The number of carbonyl (C=O) groups is 1. The van der Waals surface area contributed by atoms with E-state index in [-0.39, 0.29) is 29.8 Å². The van der Waals surface area contributed by atoms with Crippen molar-refractivity contribution in [2.45, 2.75) is 6.92 Å². The van der Waals surface area contributed by atoms with E-state index in [1.54, 1.807) is 43.3 Å². The number of rotatable bonds is 8. The first-order valence-electron chi connectivity index (χ1n) is 10.7. The molecule has 0 atom stereocenters. The van der Waals surface area contributed by atoms with Crippen LogP contribution in [0, 0.1) is 20.2 Å². The standard InChI is InChI=1S/C24H15BrClN3O7S2/c1-2-35-21-9-13(3-7-20(21)36-19-8-5-15(28(31)32)12-18(19)29(33)34)10-22-23(30)27(24(37)38-22)14-4-6-16(25)17(26)11-14/h3-12H,2H2,1H3/b22-10+. The number of hydrogen-bond donors (Lipinski definition) is 0. The van der Waals surface area contributed by atoms with E-state index in [1.165, 1.54) is 11.0 Å². The molecule has 0 aromatic heterocycles. The molecule has 0 aliphatic carbocycles. The number of nitro benzene ring substituents is 2. The molecule has 10 nitrogen and oxygen atoms in total. The zero-order chi connectivity index (χ0) is 27.6. The molecular formula is C24H15BrClN3O7S2. The van der Waals surface area contributed by atoms with E-state index in [0.717, 1.165) is 30.0 Å². The molecule has 0 spiro atoms. The average Bonchev–Trinajstić information content (AvgIpc) is 3.15. The second kappa shape index (κ2) is 11.5. The third-order valence-corrected chi connectivity index (χ3v) is 7.63. The smallest absolute Gasteiger partial charge is 0.318 e. The number of nitrogens with zero attached hydrogens (tertiary/aromatic N) is 3. The van der Waals surface area contributed by atoms with E-state index in [2.05, 4.69) is 15.9 Å². The van der Waals surface area contributed by atoms with Crippen LogP contribution in [-0.2, 0) is 4.79 Å². The van der Waals surface area contributed by atoms with Crippen LogP contribution < -0.4 is 14.4 Å². The molecule has 194 valence electrons. The lowest BCUT2D eigenvalue weighted by atomic mass is 10.1. The molecule has 1 heterocycles. The Balaban J connectivity index is 1.64. The van der Waals surface area contributed by atoms with E-state index in [9.17, 15) is 25.0 Å². The predicted octanol–water partition coefficient (Wildman–Crippen LogP) is 7.52. The fourth-order valence-corrected chi connectivity index (χ4v) is 5.12. The van der Waals surface area contributed by atoms with Gasteiger partial charge < -0.3 is 9.47 Å². The number of halogens is 2. The van der Waals surface area contributed by atoms with E-state index in [0.29, 0.717) is 30.0 Å². The van der Waals surface area contributed by atoms with Crippen LogP contribution in [0.5, 0.6) is 17.2 Å². The lowest BCUT2D eigenvalue weighted by Gasteiger charge is -2.15. The molecule has 1 saturated heterocycles. The van der Waals surface area contributed by atoms with Gasteiger partial charge in [0, 0.05) is 10.5 Å². The molecule has 14 heteroatoms. The molecule has 1 amide bonds. The van der Waals surface area contributed by atoms with Crippen molar-refractivity contribution in [3.05, 3.63) is 94.8 Å². The van der Waals surface area contributed by atoms with Crippen LogP contribution in [0.1, 0.15) is 12.5 Å². The molecular weight excluding hydrogens is 622 g/mol. The first kappa shape index (κ1) is 27.5. The maximum absolute atomic E-state index is 13.1. The highest BCUT2D eigenvalue weighted by molar-refractivity contribution is 9.10. The summed E-state index contributed by atoms with van der Waals surface area (Å²) >= 11 is 16.1. The summed E-state index contributed by atoms with van der Waals surface area (Å²) < 4.78 is 12.4. The summed E-state index contributed by atoms with van der Waals surface area (Å²) in [6.45, 7) is 2.01. The lowest BCUT2D eigenvalue weighted by molar-refractivity contribution is -0.394. The topological polar surface area (TPSA) is 125 Å². The Labute approximate surface area is 238 Å². The first-order chi connectivity index (χ1) is 18.1.